The van der Waals surface area contributed by atoms with Crippen LogP contribution in [-0.4, -0.2) is 47.2 Å². The van der Waals surface area contributed by atoms with Crippen LogP contribution >= 0.6 is 0 Å². The standard InChI is InChI=1S/C22H35NO4/c1-13-10-19-18(14(2)12-23(5)21(25)17-7-8-17)9-6-15(3)22(19,26)11-20(13)27-16(4)24/h10,14-15,17-20,26H,6-9,11-12H2,1-5H3/t14-,15-,18+,19-,20-,22-/m1/s1. The van der Waals surface area contributed by atoms with Crippen molar-refractivity contribution < 1.29 is 19.4 Å². The van der Waals surface area contributed by atoms with Gasteiger partial charge in [-0.3, -0.25) is 9.59 Å². The first-order chi connectivity index (χ1) is 12.6. The topological polar surface area (TPSA) is 66.8 Å². The SMILES string of the molecule is CC(=O)O[C@@H]1C[C@@]2(O)[C@H](C)CC[C@@H]([C@H](C)CN(C)C(=O)C3CC3)[C@H]2C=C1C. The molecule has 1 N–H and O–H groups in total. The number of rotatable bonds is 5. The molecule has 0 aromatic rings. The molecule has 0 aromatic heterocycles. The van der Waals surface area contributed by atoms with Crippen molar-refractivity contribution in [3.63, 3.8) is 0 Å². The molecule has 3 aliphatic rings. The van der Waals surface area contributed by atoms with Gasteiger partial charge in [-0.2, -0.15) is 0 Å². The number of amides is 1. The summed E-state index contributed by atoms with van der Waals surface area (Å²) in [5, 5.41) is 11.6. The van der Waals surface area contributed by atoms with E-state index in [0.717, 1.165) is 37.8 Å². The molecule has 0 heterocycles. The maximum atomic E-state index is 12.3. The van der Waals surface area contributed by atoms with Crippen LogP contribution in [0.25, 0.3) is 0 Å². The molecule has 2 fully saturated rings. The fraction of sp³-hybridized carbons (Fsp3) is 0.818. The second-order valence-corrected chi connectivity index (χ2v) is 9.34. The minimum atomic E-state index is -0.851. The van der Waals surface area contributed by atoms with Crippen molar-refractivity contribution in [2.45, 2.75) is 71.5 Å². The Morgan fingerprint density at radius 1 is 1.33 bits per heavy atom. The molecule has 0 radical (unpaired) electrons. The third kappa shape index (κ3) is 4.08. The largest absolute Gasteiger partial charge is 0.458 e. The van der Waals surface area contributed by atoms with Crippen molar-refractivity contribution in [3.05, 3.63) is 11.6 Å². The van der Waals surface area contributed by atoms with Gasteiger partial charge in [-0.05, 0) is 55.9 Å². The molecule has 3 aliphatic carbocycles. The molecule has 27 heavy (non-hydrogen) atoms. The first-order valence-corrected chi connectivity index (χ1v) is 10.5. The van der Waals surface area contributed by atoms with E-state index in [1.165, 1.54) is 6.92 Å². The number of carbonyl (C=O) groups excluding carboxylic acids is 2. The molecular formula is C22H35NO4. The highest BCUT2D eigenvalue weighted by Gasteiger charge is 2.52. The molecule has 0 aromatic carbocycles. The normalized spacial score (nSPS) is 37.0. The molecule has 0 bridgehead atoms. The number of fused-ring (bicyclic) bond motifs is 1. The summed E-state index contributed by atoms with van der Waals surface area (Å²) in [4.78, 5) is 25.7. The van der Waals surface area contributed by atoms with Gasteiger partial charge in [-0.25, -0.2) is 0 Å². The Labute approximate surface area is 163 Å². The van der Waals surface area contributed by atoms with E-state index in [-0.39, 0.29) is 35.7 Å². The van der Waals surface area contributed by atoms with E-state index < -0.39 is 5.60 Å². The number of esters is 1. The van der Waals surface area contributed by atoms with Crippen LogP contribution in [0.1, 0.15) is 59.8 Å². The van der Waals surface area contributed by atoms with Crippen LogP contribution in [0.2, 0.25) is 0 Å². The predicted octanol–water partition coefficient (Wildman–Crippen LogP) is 3.17. The summed E-state index contributed by atoms with van der Waals surface area (Å²) >= 11 is 0. The maximum absolute atomic E-state index is 12.3. The van der Waals surface area contributed by atoms with Crippen molar-refractivity contribution in [1.29, 1.82) is 0 Å². The summed E-state index contributed by atoms with van der Waals surface area (Å²) in [5.74, 6) is 1.07. The van der Waals surface area contributed by atoms with Crippen molar-refractivity contribution in [2.24, 2.45) is 29.6 Å². The summed E-state index contributed by atoms with van der Waals surface area (Å²) in [5.41, 5.74) is 0.184. The lowest BCUT2D eigenvalue weighted by Crippen LogP contribution is -2.56. The highest BCUT2D eigenvalue weighted by molar-refractivity contribution is 5.80. The summed E-state index contributed by atoms with van der Waals surface area (Å²) in [6.45, 7) is 8.47. The first-order valence-electron chi connectivity index (χ1n) is 10.5. The van der Waals surface area contributed by atoms with Gasteiger partial charge in [0.05, 0.1) is 5.60 Å². The van der Waals surface area contributed by atoms with Gasteiger partial charge in [0.1, 0.15) is 6.10 Å². The average molecular weight is 378 g/mol. The van der Waals surface area contributed by atoms with E-state index in [4.69, 9.17) is 4.74 Å². The van der Waals surface area contributed by atoms with Gasteiger partial charge in [0.2, 0.25) is 5.91 Å². The van der Waals surface area contributed by atoms with Crippen LogP contribution in [-0.2, 0) is 14.3 Å². The Bertz CT molecular complexity index is 626. The molecular weight excluding hydrogens is 342 g/mol. The third-order valence-corrected chi connectivity index (χ3v) is 7.19. The van der Waals surface area contributed by atoms with Crippen LogP contribution in [0.5, 0.6) is 0 Å². The number of carbonyl (C=O) groups is 2. The van der Waals surface area contributed by atoms with E-state index in [0.29, 0.717) is 18.3 Å². The zero-order chi connectivity index (χ0) is 19.9. The van der Waals surface area contributed by atoms with E-state index in [2.05, 4.69) is 19.9 Å². The zero-order valence-electron chi connectivity index (χ0n) is 17.4. The fourth-order valence-electron chi connectivity index (χ4n) is 5.30. The highest BCUT2D eigenvalue weighted by Crippen LogP contribution is 2.51. The van der Waals surface area contributed by atoms with Gasteiger partial charge >= 0.3 is 5.97 Å². The van der Waals surface area contributed by atoms with Gasteiger partial charge in [0.25, 0.3) is 0 Å². The Kier molecular flexibility index (Phi) is 5.72. The van der Waals surface area contributed by atoms with E-state index in [9.17, 15) is 14.7 Å². The summed E-state index contributed by atoms with van der Waals surface area (Å²) < 4.78 is 5.47. The second-order valence-electron chi connectivity index (χ2n) is 9.34. The molecule has 0 unspecified atom stereocenters. The lowest BCUT2D eigenvalue weighted by molar-refractivity contribution is -0.159. The number of hydrogen-bond acceptors (Lipinski definition) is 4. The van der Waals surface area contributed by atoms with Gasteiger partial charge in [-0.15, -0.1) is 0 Å². The quantitative estimate of drug-likeness (QED) is 0.590. The molecule has 5 nitrogen and oxygen atoms in total. The molecule has 152 valence electrons. The van der Waals surface area contributed by atoms with Gasteiger partial charge in [0.15, 0.2) is 0 Å². The van der Waals surface area contributed by atoms with Crippen LogP contribution < -0.4 is 0 Å². The van der Waals surface area contributed by atoms with Crippen LogP contribution in [0.4, 0.5) is 0 Å². The fourth-order valence-corrected chi connectivity index (χ4v) is 5.30. The second kappa shape index (κ2) is 7.57. The van der Waals surface area contributed by atoms with Gasteiger partial charge in [0, 0.05) is 38.8 Å². The van der Waals surface area contributed by atoms with Gasteiger partial charge in [-0.1, -0.05) is 19.9 Å². The van der Waals surface area contributed by atoms with Crippen molar-refractivity contribution in [2.75, 3.05) is 13.6 Å². The van der Waals surface area contributed by atoms with Crippen molar-refractivity contribution in [1.82, 2.24) is 4.90 Å². The molecule has 1 amide bonds. The maximum Gasteiger partial charge on any atom is 0.303 e. The van der Waals surface area contributed by atoms with Crippen LogP contribution in [0.15, 0.2) is 11.6 Å². The zero-order valence-corrected chi connectivity index (χ0v) is 17.4. The summed E-state index contributed by atoms with van der Waals surface area (Å²) in [6.07, 6.45) is 6.36. The van der Waals surface area contributed by atoms with Gasteiger partial charge < -0.3 is 14.7 Å². The number of nitrogens with zero attached hydrogens (tertiary/aromatic N) is 1. The highest BCUT2D eigenvalue weighted by atomic mass is 16.5. The van der Waals surface area contributed by atoms with Crippen LogP contribution in [0.3, 0.4) is 0 Å². The first kappa shape index (κ1) is 20.4. The summed E-state index contributed by atoms with van der Waals surface area (Å²) in [6, 6.07) is 0. The predicted molar refractivity (Wildman–Crippen MR) is 104 cm³/mol. The molecule has 6 atom stereocenters. The lowest BCUT2D eigenvalue weighted by atomic mass is 9.57. The number of aliphatic hydroxyl groups is 1. The third-order valence-electron chi connectivity index (χ3n) is 7.19. The summed E-state index contributed by atoms with van der Waals surface area (Å²) in [7, 11) is 1.91. The smallest absolute Gasteiger partial charge is 0.303 e. The molecule has 0 aliphatic heterocycles. The van der Waals surface area contributed by atoms with Crippen LogP contribution in [0, 0.1) is 29.6 Å². The Hall–Kier alpha value is -1.36. The number of hydrogen-bond donors (Lipinski definition) is 1. The van der Waals surface area contributed by atoms with E-state index in [1.54, 1.807) is 0 Å². The molecule has 0 saturated heterocycles. The molecule has 3 rings (SSSR count). The molecule has 2 saturated carbocycles. The lowest BCUT2D eigenvalue weighted by Gasteiger charge is -2.53. The minimum Gasteiger partial charge on any atom is -0.458 e. The molecule has 0 spiro atoms. The average Bonchev–Trinajstić information content (AvgIpc) is 3.41. The van der Waals surface area contributed by atoms with Crippen molar-refractivity contribution >= 4 is 11.9 Å². The molecule has 5 heteroatoms. The van der Waals surface area contributed by atoms with E-state index in [1.807, 2.05) is 18.9 Å². The number of ether oxygens (including phenoxy) is 1. The minimum absolute atomic E-state index is 0.0486. The monoisotopic (exact) mass is 377 g/mol. The Morgan fingerprint density at radius 3 is 2.59 bits per heavy atom. The van der Waals surface area contributed by atoms with E-state index >= 15 is 0 Å². The van der Waals surface area contributed by atoms with Crippen molar-refractivity contribution in [3.8, 4) is 0 Å². The Morgan fingerprint density at radius 2 is 2.00 bits per heavy atom. The Balaban J connectivity index is 1.77.